The monoisotopic (exact) mass is 502 g/mol. The van der Waals surface area contributed by atoms with Crippen LogP contribution in [0.2, 0.25) is 0 Å². The van der Waals surface area contributed by atoms with Gasteiger partial charge in [-0.25, -0.2) is 0 Å². The summed E-state index contributed by atoms with van der Waals surface area (Å²) in [6, 6.07) is 21.8. The number of amides is 1. The van der Waals surface area contributed by atoms with Gasteiger partial charge in [0.2, 0.25) is 0 Å². The Hall–Kier alpha value is -2.51. The molecule has 1 aromatic heterocycles. The molecule has 3 heterocycles. The quantitative estimate of drug-likeness (QED) is 0.419. The van der Waals surface area contributed by atoms with Crippen molar-refractivity contribution in [2.75, 3.05) is 32.7 Å². The van der Waals surface area contributed by atoms with E-state index < -0.39 is 0 Å². The zero-order valence-corrected chi connectivity index (χ0v) is 22.1. The number of rotatable bonds is 8. The SMILES string of the molecule is C[C@H]1CN(Cc2ccc(-c3cccc(CNC(=O)c4cccc(CC5CCNCC5)c4)c3)s2)CCN1. The maximum Gasteiger partial charge on any atom is 0.251 e. The van der Waals surface area contributed by atoms with Gasteiger partial charge in [0.05, 0.1) is 0 Å². The third kappa shape index (κ3) is 6.83. The van der Waals surface area contributed by atoms with E-state index in [1.165, 1.54) is 33.7 Å². The van der Waals surface area contributed by atoms with Crippen molar-refractivity contribution in [3.8, 4) is 10.4 Å². The van der Waals surface area contributed by atoms with Gasteiger partial charge in [-0.05, 0) is 92.2 Å². The van der Waals surface area contributed by atoms with Crippen molar-refractivity contribution in [1.82, 2.24) is 20.9 Å². The molecule has 0 radical (unpaired) electrons. The minimum Gasteiger partial charge on any atom is -0.348 e. The molecular weight excluding hydrogens is 464 g/mol. The molecule has 1 atom stereocenters. The van der Waals surface area contributed by atoms with Gasteiger partial charge in [0.1, 0.15) is 0 Å². The number of benzene rings is 2. The van der Waals surface area contributed by atoms with Gasteiger partial charge < -0.3 is 16.0 Å². The highest BCUT2D eigenvalue weighted by atomic mass is 32.1. The molecule has 1 amide bonds. The minimum absolute atomic E-state index is 0.00350. The van der Waals surface area contributed by atoms with E-state index in [1.807, 2.05) is 23.5 Å². The van der Waals surface area contributed by atoms with Gasteiger partial charge in [0, 0.05) is 54.1 Å². The Bertz CT molecular complexity index is 1150. The highest BCUT2D eigenvalue weighted by molar-refractivity contribution is 7.15. The second-order valence-corrected chi connectivity index (χ2v) is 11.5. The second-order valence-electron chi connectivity index (χ2n) is 10.3. The lowest BCUT2D eigenvalue weighted by atomic mass is 9.90. The fourth-order valence-electron chi connectivity index (χ4n) is 5.37. The van der Waals surface area contributed by atoms with E-state index in [4.69, 9.17) is 0 Å². The summed E-state index contributed by atoms with van der Waals surface area (Å²) in [6.45, 7) is 9.28. The molecule has 2 aliphatic heterocycles. The number of piperazine rings is 1. The van der Waals surface area contributed by atoms with Crippen LogP contribution in [-0.4, -0.2) is 49.6 Å². The molecule has 0 unspecified atom stereocenters. The van der Waals surface area contributed by atoms with Crippen LogP contribution in [0.5, 0.6) is 0 Å². The molecule has 36 heavy (non-hydrogen) atoms. The fraction of sp³-hybridized carbons (Fsp3) is 0.433. The molecule has 0 bridgehead atoms. The molecule has 2 fully saturated rings. The summed E-state index contributed by atoms with van der Waals surface area (Å²) in [5.74, 6) is 0.710. The Labute approximate surface area is 219 Å². The molecular formula is C30H38N4OS. The number of thiophene rings is 1. The molecule has 5 rings (SSSR count). The lowest BCUT2D eigenvalue weighted by molar-refractivity contribution is 0.0950. The summed E-state index contributed by atoms with van der Waals surface area (Å²) in [7, 11) is 0. The summed E-state index contributed by atoms with van der Waals surface area (Å²) >= 11 is 1.87. The Kier molecular flexibility index (Phi) is 8.49. The zero-order valence-electron chi connectivity index (χ0n) is 21.3. The average Bonchev–Trinajstić information content (AvgIpc) is 3.37. The number of hydrogen-bond donors (Lipinski definition) is 3. The van der Waals surface area contributed by atoms with E-state index in [-0.39, 0.29) is 5.91 Å². The molecule has 2 saturated heterocycles. The van der Waals surface area contributed by atoms with Gasteiger partial charge in [-0.2, -0.15) is 0 Å². The van der Waals surface area contributed by atoms with E-state index in [9.17, 15) is 4.79 Å². The van der Waals surface area contributed by atoms with Crippen LogP contribution in [0.15, 0.2) is 60.7 Å². The van der Waals surface area contributed by atoms with E-state index in [1.54, 1.807) is 0 Å². The summed E-state index contributed by atoms with van der Waals surface area (Å²) in [5.41, 5.74) is 4.36. The molecule has 0 spiro atoms. The third-order valence-corrected chi connectivity index (χ3v) is 8.45. The summed E-state index contributed by atoms with van der Waals surface area (Å²) in [4.78, 5) is 18.1. The minimum atomic E-state index is -0.00350. The zero-order chi connectivity index (χ0) is 24.7. The normalized spacial score (nSPS) is 19.3. The van der Waals surface area contributed by atoms with Gasteiger partial charge in [-0.1, -0.05) is 30.3 Å². The predicted octanol–water partition coefficient (Wildman–Crippen LogP) is 4.68. The predicted molar refractivity (Wildman–Crippen MR) is 149 cm³/mol. The number of carbonyl (C=O) groups is 1. The summed E-state index contributed by atoms with van der Waals surface area (Å²) in [5, 5.41) is 10.1. The van der Waals surface area contributed by atoms with Gasteiger partial charge in [0.25, 0.3) is 5.91 Å². The topological polar surface area (TPSA) is 56.4 Å². The van der Waals surface area contributed by atoms with Crippen molar-refractivity contribution in [2.45, 2.75) is 45.3 Å². The van der Waals surface area contributed by atoms with Gasteiger partial charge in [-0.15, -0.1) is 11.3 Å². The molecule has 0 aliphatic carbocycles. The van der Waals surface area contributed by atoms with Crippen molar-refractivity contribution < 1.29 is 4.79 Å². The second kappa shape index (κ2) is 12.2. The highest BCUT2D eigenvalue weighted by Crippen LogP contribution is 2.29. The van der Waals surface area contributed by atoms with Gasteiger partial charge in [-0.3, -0.25) is 9.69 Å². The van der Waals surface area contributed by atoms with Gasteiger partial charge in [0.15, 0.2) is 0 Å². The van der Waals surface area contributed by atoms with Crippen LogP contribution in [0.4, 0.5) is 0 Å². The van der Waals surface area contributed by atoms with Crippen molar-refractivity contribution in [3.05, 3.63) is 82.2 Å². The van der Waals surface area contributed by atoms with Gasteiger partial charge >= 0.3 is 0 Å². The van der Waals surface area contributed by atoms with E-state index in [0.29, 0.717) is 18.5 Å². The first-order valence-electron chi connectivity index (χ1n) is 13.3. The van der Waals surface area contributed by atoms with Crippen molar-refractivity contribution in [3.63, 3.8) is 0 Å². The first-order chi connectivity index (χ1) is 17.6. The van der Waals surface area contributed by atoms with Crippen LogP contribution in [0.1, 0.15) is 46.1 Å². The fourth-order valence-corrected chi connectivity index (χ4v) is 6.42. The highest BCUT2D eigenvalue weighted by Gasteiger charge is 2.17. The van der Waals surface area contributed by atoms with Crippen LogP contribution in [-0.2, 0) is 19.5 Å². The molecule has 2 aliphatic rings. The third-order valence-electron chi connectivity index (χ3n) is 7.33. The molecule has 0 saturated carbocycles. The van der Waals surface area contributed by atoms with E-state index in [0.717, 1.165) is 56.8 Å². The molecule has 3 aromatic rings. The molecule has 190 valence electrons. The molecule has 6 heteroatoms. The Morgan fingerprint density at radius 1 is 1.03 bits per heavy atom. The Balaban J connectivity index is 1.17. The first kappa shape index (κ1) is 25.2. The van der Waals surface area contributed by atoms with Crippen LogP contribution in [0.25, 0.3) is 10.4 Å². The Morgan fingerprint density at radius 2 is 1.86 bits per heavy atom. The summed E-state index contributed by atoms with van der Waals surface area (Å²) in [6.07, 6.45) is 3.49. The Morgan fingerprint density at radius 3 is 2.72 bits per heavy atom. The molecule has 5 nitrogen and oxygen atoms in total. The lowest BCUT2D eigenvalue weighted by Crippen LogP contribution is -2.48. The maximum absolute atomic E-state index is 12.9. The maximum atomic E-state index is 12.9. The van der Waals surface area contributed by atoms with Crippen LogP contribution < -0.4 is 16.0 Å². The largest absolute Gasteiger partial charge is 0.348 e. The smallest absolute Gasteiger partial charge is 0.251 e. The van der Waals surface area contributed by atoms with Crippen LogP contribution in [0, 0.1) is 5.92 Å². The number of carbonyl (C=O) groups excluding carboxylic acids is 1. The number of nitrogens with zero attached hydrogens (tertiary/aromatic N) is 1. The lowest BCUT2D eigenvalue weighted by Gasteiger charge is -2.31. The number of hydrogen-bond acceptors (Lipinski definition) is 5. The summed E-state index contributed by atoms with van der Waals surface area (Å²) < 4.78 is 0. The van der Waals surface area contributed by atoms with Crippen LogP contribution >= 0.6 is 11.3 Å². The average molecular weight is 503 g/mol. The number of piperidine rings is 1. The van der Waals surface area contributed by atoms with Crippen molar-refractivity contribution >= 4 is 17.2 Å². The van der Waals surface area contributed by atoms with Crippen molar-refractivity contribution in [1.29, 1.82) is 0 Å². The first-order valence-corrected chi connectivity index (χ1v) is 14.2. The van der Waals surface area contributed by atoms with E-state index in [2.05, 4.69) is 76.3 Å². The standard InChI is InChI=1S/C30H38N4OS/c1-22-20-34(15-14-32-22)21-28-8-9-29(36-28)26-6-3-5-25(18-26)19-33-30(35)27-7-2-4-24(17-27)16-23-10-12-31-13-11-23/h2-9,17-18,22-23,31-32H,10-16,19-21H2,1H3,(H,33,35)/t22-/m0/s1. The molecule has 3 N–H and O–H groups in total. The molecule has 2 aromatic carbocycles. The number of nitrogens with one attached hydrogen (secondary N) is 3. The van der Waals surface area contributed by atoms with E-state index >= 15 is 0 Å². The van der Waals surface area contributed by atoms with Crippen molar-refractivity contribution in [2.24, 2.45) is 5.92 Å². The van der Waals surface area contributed by atoms with Crippen LogP contribution in [0.3, 0.4) is 0 Å².